The van der Waals surface area contributed by atoms with Crippen molar-refractivity contribution >= 4 is 20.8 Å². The first-order chi connectivity index (χ1) is 14.0. The summed E-state index contributed by atoms with van der Waals surface area (Å²) in [6.45, 7) is 4.01. The summed E-state index contributed by atoms with van der Waals surface area (Å²) in [6.07, 6.45) is 2.29. The Labute approximate surface area is 171 Å². The summed E-state index contributed by atoms with van der Waals surface area (Å²) < 4.78 is 42.3. The van der Waals surface area contributed by atoms with Crippen LogP contribution in [0.25, 0.3) is 10.8 Å². The first-order valence-corrected chi connectivity index (χ1v) is 11.5. The molecule has 4 rings (SSSR count). The van der Waals surface area contributed by atoms with Gasteiger partial charge >= 0.3 is 0 Å². The number of hydrogen-bond acceptors (Lipinski definition) is 2. The van der Waals surface area contributed by atoms with Crippen LogP contribution in [-0.4, -0.2) is 28.1 Å². The molecular weight excluding hydrogens is 387 g/mol. The van der Waals surface area contributed by atoms with Crippen molar-refractivity contribution in [2.24, 2.45) is 0 Å². The molecule has 6 heteroatoms. The Bertz CT molecular complexity index is 1120. The van der Waals surface area contributed by atoms with Crippen molar-refractivity contribution in [2.75, 3.05) is 19.6 Å². The molecule has 1 heterocycles. The predicted octanol–water partition coefficient (Wildman–Crippen LogP) is 2.99. The molecule has 29 heavy (non-hydrogen) atoms. The molecule has 0 unspecified atom stereocenters. The standard InChI is InChI=1S/C23H25FN2O2S/c1-17-11-12-19(24)15-23(17)29(27,28)25-16-22(26-13-4-5-14-26)21-10-6-8-18-7-2-3-9-20(18)21/h2-3,6-12,15,22,25H,4-5,13-14,16H2,1H3/p+1/t22-/m1/s1. The first-order valence-electron chi connectivity index (χ1n) is 10.0. The molecule has 0 spiro atoms. The fraction of sp³-hybridized carbons (Fsp3) is 0.304. The van der Waals surface area contributed by atoms with E-state index in [2.05, 4.69) is 29.0 Å². The summed E-state index contributed by atoms with van der Waals surface area (Å²) in [5, 5.41) is 2.30. The van der Waals surface area contributed by atoms with Gasteiger partial charge in [-0.05, 0) is 35.4 Å². The van der Waals surface area contributed by atoms with Gasteiger partial charge in [0.05, 0.1) is 24.5 Å². The van der Waals surface area contributed by atoms with E-state index in [1.807, 2.05) is 18.2 Å². The molecular formula is C23H26FN2O2S+. The van der Waals surface area contributed by atoms with Gasteiger partial charge in [-0.15, -0.1) is 0 Å². The molecule has 1 fully saturated rings. The van der Waals surface area contributed by atoms with E-state index in [0.717, 1.165) is 48.3 Å². The number of sulfonamides is 1. The van der Waals surface area contributed by atoms with E-state index >= 15 is 0 Å². The average Bonchev–Trinajstić information content (AvgIpc) is 3.24. The monoisotopic (exact) mass is 413 g/mol. The second-order valence-electron chi connectivity index (χ2n) is 7.75. The van der Waals surface area contributed by atoms with E-state index in [1.165, 1.54) is 17.0 Å². The SMILES string of the molecule is Cc1ccc(F)cc1S(=O)(=O)NC[C@H](c1cccc2ccccc12)[NH+]1CCCC1. The molecule has 0 aromatic heterocycles. The number of likely N-dealkylation sites (tertiary alicyclic amines) is 1. The highest BCUT2D eigenvalue weighted by atomic mass is 32.2. The van der Waals surface area contributed by atoms with E-state index < -0.39 is 15.8 Å². The number of quaternary nitrogens is 1. The maximum absolute atomic E-state index is 13.7. The molecule has 2 N–H and O–H groups in total. The van der Waals surface area contributed by atoms with Crippen LogP contribution < -0.4 is 9.62 Å². The minimum atomic E-state index is -3.80. The van der Waals surface area contributed by atoms with E-state index in [0.29, 0.717) is 5.56 Å². The van der Waals surface area contributed by atoms with Crippen molar-refractivity contribution in [3.8, 4) is 0 Å². The van der Waals surface area contributed by atoms with E-state index in [-0.39, 0.29) is 17.5 Å². The van der Waals surface area contributed by atoms with Crippen LogP contribution in [0.5, 0.6) is 0 Å². The number of halogens is 1. The van der Waals surface area contributed by atoms with Crippen LogP contribution in [0.4, 0.5) is 4.39 Å². The average molecular weight is 414 g/mol. The summed E-state index contributed by atoms with van der Waals surface area (Å²) in [6, 6.07) is 18.3. The van der Waals surface area contributed by atoms with Gasteiger partial charge < -0.3 is 4.90 Å². The second kappa shape index (κ2) is 8.22. The molecule has 1 atom stereocenters. The zero-order valence-electron chi connectivity index (χ0n) is 16.5. The number of hydrogen-bond donors (Lipinski definition) is 2. The van der Waals surface area contributed by atoms with Crippen LogP contribution >= 0.6 is 0 Å². The maximum Gasteiger partial charge on any atom is 0.241 e. The van der Waals surface area contributed by atoms with Gasteiger partial charge in [-0.1, -0.05) is 48.5 Å². The second-order valence-corrected chi connectivity index (χ2v) is 9.48. The minimum absolute atomic E-state index is 0.00518. The first kappa shape index (κ1) is 20.0. The molecule has 1 saturated heterocycles. The molecule has 1 aliphatic rings. The Kier molecular flexibility index (Phi) is 5.67. The normalized spacial score (nSPS) is 16.3. The molecule has 4 nitrogen and oxygen atoms in total. The highest BCUT2D eigenvalue weighted by Gasteiger charge is 2.30. The summed E-state index contributed by atoms with van der Waals surface area (Å²) in [5.41, 5.74) is 1.69. The molecule has 152 valence electrons. The van der Waals surface area contributed by atoms with Crippen LogP contribution in [0.2, 0.25) is 0 Å². The molecule has 0 amide bonds. The van der Waals surface area contributed by atoms with Crippen molar-refractivity contribution in [1.29, 1.82) is 0 Å². The van der Waals surface area contributed by atoms with Crippen molar-refractivity contribution in [2.45, 2.75) is 30.7 Å². The molecule has 0 saturated carbocycles. The predicted molar refractivity (Wildman–Crippen MR) is 113 cm³/mol. The van der Waals surface area contributed by atoms with Gasteiger partial charge in [-0.25, -0.2) is 17.5 Å². The van der Waals surface area contributed by atoms with Gasteiger partial charge in [-0.2, -0.15) is 0 Å². The van der Waals surface area contributed by atoms with E-state index in [4.69, 9.17) is 0 Å². The lowest BCUT2D eigenvalue weighted by atomic mass is 9.98. The van der Waals surface area contributed by atoms with E-state index in [1.54, 1.807) is 6.92 Å². The fourth-order valence-electron chi connectivity index (χ4n) is 4.34. The lowest BCUT2D eigenvalue weighted by molar-refractivity contribution is -0.918. The van der Waals surface area contributed by atoms with Crippen molar-refractivity contribution in [3.63, 3.8) is 0 Å². The molecule has 0 bridgehead atoms. The van der Waals surface area contributed by atoms with Crippen LogP contribution in [0.15, 0.2) is 65.6 Å². The Morgan fingerprint density at radius 1 is 1.03 bits per heavy atom. The van der Waals surface area contributed by atoms with Crippen LogP contribution in [0, 0.1) is 12.7 Å². The van der Waals surface area contributed by atoms with E-state index in [9.17, 15) is 12.8 Å². The van der Waals surface area contributed by atoms with Gasteiger partial charge in [0, 0.05) is 18.4 Å². The maximum atomic E-state index is 13.7. The Morgan fingerprint density at radius 3 is 2.55 bits per heavy atom. The third-order valence-corrected chi connectivity index (χ3v) is 7.42. The van der Waals surface area contributed by atoms with Crippen LogP contribution in [0.3, 0.4) is 0 Å². The number of rotatable bonds is 6. The van der Waals surface area contributed by atoms with Gasteiger partial charge in [0.15, 0.2) is 0 Å². The quantitative estimate of drug-likeness (QED) is 0.653. The van der Waals surface area contributed by atoms with Gasteiger partial charge in [-0.3, -0.25) is 0 Å². The van der Waals surface area contributed by atoms with Crippen LogP contribution in [-0.2, 0) is 10.0 Å². The number of fused-ring (bicyclic) bond motifs is 1. The smallest absolute Gasteiger partial charge is 0.241 e. The number of nitrogens with one attached hydrogen (secondary N) is 2. The van der Waals surface area contributed by atoms with Crippen LogP contribution in [0.1, 0.15) is 30.0 Å². The third kappa shape index (κ3) is 4.20. The Hall–Kier alpha value is -2.28. The number of aryl methyl sites for hydroxylation is 1. The summed E-state index contributed by atoms with van der Waals surface area (Å²) in [4.78, 5) is 1.39. The van der Waals surface area contributed by atoms with Crippen molar-refractivity contribution < 1.29 is 17.7 Å². The van der Waals surface area contributed by atoms with Crippen molar-refractivity contribution in [3.05, 3.63) is 77.6 Å². The summed E-state index contributed by atoms with van der Waals surface area (Å²) in [5.74, 6) is -0.549. The highest BCUT2D eigenvalue weighted by molar-refractivity contribution is 7.89. The Morgan fingerprint density at radius 2 is 1.76 bits per heavy atom. The van der Waals surface area contributed by atoms with Gasteiger partial charge in [0.2, 0.25) is 10.0 Å². The zero-order chi connectivity index (χ0) is 20.4. The summed E-state index contributed by atoms with van der Waals surface area (Å²) in [7, 11) is -3.80. The molecule has 3 aromatic rings. The zero-order valence-corrected chi connectivity index (χ0v) is 17.3. The summed E-state index contributed by atoms with van der Waals surface area (Å²) >= 11 is 0. The molecule has 0 aliphatic carbocycles. The third-order valence-electron chi connectivity index (χ3n) is 5.85. The minimum Gasteiger partial charge on any atom is -0.328 e. The Balaban J connectivity index is 1.67. The molecule has 3 aromatic carbocycles. The van der Waals surface area contributed by atoms with Crippen molar-refractivity contribution in [1.82, 2.24) is 4.72 Å². The lowest BCUT2D eigenvalue weighted by Crippen LogP contribution is -3.11. The largest absolute Gasteiger partial charge is 0.328 e. The molecule has 0 radical (unpaired) electrons. The lowest BCUT2D eigenvalue weighted by Gasteiger charge is -2.26. The fourth-order valence-corrected chi connectivity index (χ4v) is 5.64. The highest BCUT2D eigenvalue weighted by Crippen LogP contribution is 2.24. The number of benzene rings is 3. The van der Waals surface area contributed by atoms with Gasteiger partial charge in [0.1, 0.15) is 11.9 Å². The topological polar surface area (TPSA) is 50.6 Å². The van der Waals surface area contributed by atoms with Gasteiger partial charge in [0.25, 0.3) is 0 Å². The molecule has 1 aliphatic heterocycles.